The maximum atomic E-state index is 13.3. The van der Waals surface area contributed by atoms with E-state index in [4.69, 9.17) is 4.74 Å². The standard InChI is InChI=1S/C30H34N2O3/c1-3-35-30(34)25-17-15-23(16-18-25)21-27(33)31-29(24-12-6-4-7-13-24)28-22(2)11-10-14-26(28)32-19-8-5-9-20-32/h4,6-7,10-18,29H,3,5,8-9,19-21H2,1-2H3,(H,31,33). The zero-order valence-electron chi connectivity index (χ0n) is 20.6. The number of amides is 1. The minimum atomic E-state index is -0.350. The number of nitrogens with zero attached hydrogens (tertiary/aromatic N) is 1. The number of esters is 1. The molecule has 1 aliphatic rings. The van der Waals surface area contributed by atoms with Crippen molar-refractivity contribution in [1.82, 2.24) is 5.32 Å². The van der Waals surface area contributed by atoms with Gasteiger partial charge in [0.1, 0.15) is 0 Å². The molecule has 1 unspecified atom stereocenters. The lowest BCUT2D eigenvalue weighted by molar-refractivity contribution is -0.120. The van der Waals surface area contributed by atoms with E-state index < -0.39 is 0 Å². The molecule has 5 heteroatoms. The molecule has 0 radical (unpaired) electrons. The molecule has 0 aromatic heterocycles. The van der Waals surface area contributed by atoms with E-state index in [-0.39, 0.29) is 24.3 Å². The Bertz CT molecular complexity index is 1140. The molecule has 0 bridgehead atoms. The van der Waals surface area contributed by atoms with Crippen LogP contribution in [0.15, 0.2) is 72.8 Å². The molecule has 1 fully saturated rings. The van der Waals surface area contributed by atoms with Crippen LogP contribution in [0.25, 0.3) is 0 Å². The molecule has 1 N–H and O–H groups in total. The fourth-order valence-corrected chi connectivity index (χ4v) is 4.79. The van der Waals surface area contributed by atoms with Gasteiger partial charge < -0.3 is 15.0 Å². The van der Waals surface area contributed by atoms with E-state index in [2.05, 4.69) is 47.5 Å². The van der Waals surface area contributed by atoms with Crippen LogP contribution in [-0.4, -0.2) is 31.6 Å². The van der Waals surface area contributed by atoms with Crippen LogP contribution in [0.2, 0.25) is 0 Å². The van der Waals surface area contributed by atoms with Gasteiger partial charge in [0, 0.05) is 24.3 Å². The van der Waals surface area contributed by atoms with Gasteiger partial charge in [-0.3, -0.25) is 4.79 Å². The molecule has 1 aliphatic heterocycles. The minimum Gasteiger partial charge on any atom is -0.462 e. The molecule has 182 valence electrons. The summed E-state index contributed by atoms with van der Waals surface area (Å²) in [4.78, 5) is 27.7. The molecule has 1 atom stereocenters. The van der Waals surface area contributed by atoms with Crippen molar-refractivity contribution in [3.8, 4) is 0 Å². The number of carbonyl (C=O) groups excluding carboxylic acids is 2. The summed E-state index contributed by atoms with van der Waals surface area (Å²) in [6.07, 6.45) is 3.89. The van der Waals surface area contributed by atoms with Gasteiger partial charge >= 0.3 is 5.97 Å². The number of piperidine rings is 1. The predicted octanol–water partition coefficient (Wildman–Crippen LogP) is 5.61. The second kappa shape index (κ2) is 11.7. The van der Waals surface area contributed by atoms with Gasteiger partial charge in [0.05, 0.1) is 24.6 Å². The van der Waals surface area contributed by atoms with Crippen molar-refractivity contribution in [3.05, 3.63) is 101 Å². The van der Waals surface area contributed by atoms with Crippen LogP contribution in [0.1, 0.15) is 64.8 Å². The Labute approximate surface area is 208 Å². The fraction of sp³-hybridized carbons (Fsp3) is 0.333. The van der Waals surface area contributed by atoms with Gasteiger partial charge in [-0.15, -0.1) is 0 Å². The Morgan fingerprint density at radius 3 is 2.31 bits per heavy atom. The highest BCUT2D eigenvalue weighted by atomic mass is 16.5. The Morgan fingerprint density at radius 1 is 0.914 bits per heavy atom. The minimum absolute atomic E-state index is 0.0596. The summed E-state index contributed by atoms with van der Waals surface area (Å²) in [5.74, 6) is -0.409. The van der Waals surface area contributed by atoms with Gasteiger partial charge in [-0.2, -0.15) is 0 Å². The number of anilines is 1. The third kappa shape index (κ3) is 6.10. The van der Waals surface area contributed by atoms with E-state index in [1.165, 1.54) is 30.5 Å². The lowest BCUT2D eigenvalue weighted by Gasteiger charge is -2.34. The van der Waals surface area contributed by atoms with Crippen molar-refractivity contribution in [2.45, 2.75) is 45.6 Å². The molecule has 4 rings (SSSR count). The molecule has 3 aromatic rings. The van der Waals surface area contributed by atoms with Crippen LogP contribution in [-0.2, 0) is 16.0 Å². The molecule has 0 saturated carbocycles. The van der Waals surface area contributed by atoms with Crippen LogP contribution in [0.3, 0.4) is 0 Å². The van der Waals surface area contributed by atoms with Crippen LogP contribution >= 0.6 is 0 Å². The summed E-state index contributed by atoms with van der Waals surface area (Å²) in [5.41, 5.74) is 5.93. The summed E-state index contributed by atoms with van der Waals surface area (Å²) < 4.78 is 5.05. The predicted molar refractivity (Wildman–Crippen MR) is 140 cm³/mol. The van der Waals surface area contributed by atoms with Gasteiger partial charge in [-0.1, -0.05) is 54.6 Å². The van der Waals surface area contributed by atoms with Gasteiger partial charge in [0.15, 0.2) is 0 Å². The molecule has 0 aliphatic carbocycles. The lowest BCUT2D eigenvalue weighted by atomic mass is 9.91. The van der Waals surface area contributed by atoms with Crippen molar-refractivity contribution < 1.29 is 14.3 Å². The van der Waals surface area contributed by atoms with E-state index >= 15 is 0 Å². The zero-order chi connectivity index (χ0) is 24.6. The first-order valence-corrected chi connectivity index (χ1v) is 12.5. The van der Waals surface area contributed by atoms with Crippen molar-refractivity contribution in [1.29, 1.82) is 0 Å². The lowest BCUT2D eigenvalue weighted by Crippen LogP contribution is -2.35. The summed E-state index contributed by atoms with van der Waals surface area (Å²) in [5, 5.41) is 3.32. The zero-order valence-corrected chi connectivity index (χ0v) is 20.6. The molecular formula is C30H34N2O3. The van der Waals surface area contributed by atoms with E-state index in [1.54, 1.807) is 19.1 Å². The van der Waals surface area contributed by atoms with E-state index in [0.29, 0.717) is 12.2 Å². The van der Waals surface area contributed by atoms with Crippen molar-refractivity contribution in [3.63, 3.8) is 0 Å². The van der Waals surface area contributed by atoms with Gasteiger partial charge in [0.2, 0.25) is 5.91 Å². The summed E-state index contributed by atoms with van der Waals surface area (Å²) in [6.45, 7) is 6.32. The normalized spacial score (nSPS) is 14.3. The number of nitrogens with one attached hydrogen (secondary N) is 1. The van der Waals surface area contributed by atoms with Crippen molar-refractivity contribution in [2.24, 2.45) is 0 Å². The maximum absolute atomic E-state index is 13.3. The van der Waals surface area contributed by atoms with Crippen molar-refractivity contribution in [2.75, 3.05) is 24.6 Å². The van der Waals surface area contributed by atoms with Gasteiger partial charge in [0.25, 0.3) is 0 Å². The average Bonchev–Trinajstić information content (AvgIpc) is 2.89. The molecule has 1 amide bonds. The van der Waals surface area contributed by atoms with E-state index in [9.17, 15) is 9.59 Å². The van der Waals surface area contributed by atoms with E-state index in [1.807, 2.05) is 30.3 Å². The first-order chi connectivity index (χ1) is 17.1. The number of aryl methyl sites for hydroxylation is 1. The Balaban J connectivity index is 1.59. The molecule has 1 heterocycles. The third-order valence-corrected chi connectivity index (χ3v) is 6.55. The SMILES string of the molecule is CCOC(=O)c1ccc(CC(=O)NC(c2ccccc2)c2c(C)cccc2N2CCCCC2)cc1. The highest BCUT2D eigenvalue weighted by Crippen LogP contribution is 2.35. The number of hydrogen-bond donors (Lipinski definition) is 1. The monoisotopic (exact) mass is 470 g/mol. The molecule has 35 heavy (non-hydrogen) atoms. The molecule has 3 aromatic carbocycles. The van der Waals surface area contributed by atoms with Crippen LogP contribution in [0.5, 0.6) is 0 Å². The summed E-state index contributed by atoms with van der Waals surface area (Å²) in [6, 6.07) is 23.4. The summed E-state index contributed by atoms with van der Waals surface area (Å²) in [7, 11) is 0. The topological polar surface area (TPSA) is 58.6 Å². The van der Waals surface area contributed by atoms with Crippen molar-refractivity contribution >= 4 is 17.6 Å². The largest absolute Gasteiger partial charge is 0.462 e. The van der Waals surface area contributed by atoms with Crippen LogP contribution in [0.4, 0.5) is 5.69 Å². The van der Waals surface area contributed by atoms with Crippen LogP contribution < -0.4 is 10.2 Å². The molecule has 0 spiro atoms. The fourth-order valence-electron chi connectivity index (χ4n) is 4.79. The third-order valence-electron chi connectivity index (χ3n) is 6.55. The highest BCUT2D eigenvalue weighted by molar-refractivity contribution is 5.89. The smallest absolute Gasteiger partial charge is 0.338 e. The van der Waals surface area contributed by atoms with E-state index in [0.717, 1.165) is 29.8 Å². The molecular weight excluding hydrogens is 436 g/mol. The quantitative estimate of drug-likeness (QED) is 0.435. The number of hydrogen-bond acceptors (Lipinski definition) is 4. The summed E-state index contributed by atoms with van der Waals surface area (Å²) >= 11 is 0. The highest BCUT2D eigenvalue weighted by Gasteiger charge is 2.25. The Morgan fingerprint density at radius 2 is 1.63 bits per heavy atom. The van der Waals surface area contributed by atoms with Crippen LogP contribution in [0, 0.1) is 6.92 Å². The number of benzene rings is 3. The van der Waals surface area contributed by atoms with Gasteiger partial charge in [-0.25, -0.2) is 4.79 Å². The average molecular weight is 471 g/mol. The first kappa shape index (κ1) is 24.5. The Kier molecular flexibility index (Phi) is 8.19. The number of carbonyl (C=O) groups is 2. The Hall–Kier alpha value is -3.60. The van der Waals surface area contributed by atoms with Gasteiger partial charge in [-0.05, 0) is 68.0 Å². The second-order valence-corrected chi connectivity index (χ2v) is 9.06. The molecule has 1 saturated heterocycles. The molecule has 5 nitrogen and oxygen atoms in total. The maximum Gasteiger partial charge on any atom is 0.338 e. The second-order valence-electron chi connectivity index (χ2n) is 9.06. The number of rotatable bonds is 8. The number of ether oxygens (including phenoxy) is 1. The first-order valence-electron chi connectivity index (χ1n) is 12.5.